The SMILES string of the molecule is O=C(O)CN(C(=O)c1c[nH]c(=O)cn1)c1cccc(Cl)c1. The summed E-state index contributed by atoms with van der Waals surface area (Å²) in [6.45, 7) is -0.556. The summed E-state index contributed by atoms with van der Waals surface area (Å²) < 4.78 is 0. The smallest absolute Gasteiger partial charge is 0.323 e. The lowest BCUT2D eigenvalue weighted by atomic mass is 10.2. The van der Waals surface area contributed by atoms with E-state index in [9.17, 15) is 14.4 Å². The number of amides is 1. The summed E-state index contributed by atoms with van der Waals surface area (Å²) in [5.41, 5.74) is -0.210. The molecule has 0 aliphatic carbocycles. The van der Waals surface area contributed by atoms with Crippen molar-refractivity contribution < 1.29 is 14.7 Å². The third-order valence-corrected chi connectivity index (χ3v) is 2.78. The van der Waals surface area contributed by atoms with Crippen LogP contribution in [0.1, 0.15) is 10.5 Å². The third kappa shape index (κ3) is 3.67. The van der Waals surface area contributed by atoms with Gasteiger partial charge in [-0.05, 0) is 18.2 Å². The third-order valence-electron chi connectivity index (χ3n) is 2.55. The molecule has 1 aromatic carbocycles. The fourth-order valence-electron chi connectivity index (χ4n) is 1.66. The normalized spacial score (nSPS) is 10.1. The molecule has 1 aromatic heterocycles. The van der Waals surface area contributed by atoms with Gasteiger partial charge in [-0.3, -0.25) is 19.3 Å². The van der Waals surface area contributed by atoms with Crippen LogP contribution >= 0.6 is 11.6 Å². The van der Waals surface area contributed by atoms with E-state index in [-0.39, 0.29) is 5.69 Å². The molecule has 0 unspecified atom stereocenters. The number of halogens is 1. The molecular formula is C13H10ClN3O4. The van der Waals surface area contributed by atoms with Crippen LogP contribution in [0.2, 0.25) is 5.02 Å². The van der Waals surface area contributed by atoms with Gasteiger partial charge >= 0.3 is 5.97 Å². The van der Waals surface area contributed by atoms with Gasteiger partial charge in [0.2, 0.25) is 0 Å². The Kier molecular flexibility index (Phi) is 4.34. The second kappa shape index (κ2) is 6.19. The van der Waals surface area contributed by atoms with Crippen LogP contribution < -0.4 is 10.5 Å². The van der Waals surface area contributed by atoms with Crippen LogP contribution in [0.5, 0.6) is 0 Å². The number of aliphatic carboxylic acids is 1. The number of carboxylic acid groups (broad SMARTS) is 1. The number of hydrogen-bond donors (Lipinski definition) is 2. The molecular weight excluding hydrogens is 298 g/mol. The Morgan fingerprint density at radius 3 is 2.71 bits per heavy atom. The lowest BCUT2D eigenvalue weighted by Gasteiger charge is -2.20. The van der Waals surface area contributed by atoms with Gasteiger partial charge in [-0.1, -0.05) is 17.7 Å². The summed E-state index contributed by atoms with van der Waals surface area (Å²) in [5, 5.41) is 9.32. The number of nitrogens with zero attached hydrogens (tertiary/aromatic N) is 2. The zero-order valence-electron chi connectivity index (χ0n) is 10.6. The second-order valence-electron chi connectivity index (χ2n) is 4.06. The number of carbonyl (C=O) groups excluding carboxylic acids is 1. The minimum atomic E-state index is -1.19. The number of aromatic nitrogens is 2. The first-order valence-corrected chi connectivity index (χ1v) is 6.19. The fourth-order valence-corrected chi connectivity index (χ4v) is 1.84. The van der Waals surface area contributed by atoms with E-state index in [0.29, 0.717) is 10.7 Å². The van der Waals surface area contributed by atoms with E-state index in [0.717, 1.165) is 17.3 Å². The van der Waals surface area contributed by atoms with Crippen molar-refractivity contribution in [1.82, 2.24) is 9.97 Å². The van der Waals surface area contributed by atoms with Gasteiger partial charge in [-0.2, -0.15) is 0 Å². The molecule has 0 radical (unpaired) electrons. The first kappa shape index (κ1) is 14.7. The number of H-pyrrole nitrogens is 1. The molecule has 0 aliphatic heterocycles. The van der Waals surface area contributed by atoms with Gasteiger partial charge in [-0.15, -0.1) is 0 Å². The summed E-state index contributed by atoms with van der Waals surface area (Å²) in [4.78, 5) is 41.3. The van der Waals surface area contributed by atoms with E-state index in [4.69, 9.17) is 16.7 Å². The van der Waals surface area contributed by atoms with Crippen molar-refractivity contribution in [3.63, 3.8) is 0 Å². The monoisotopic (exact) mass is 307 g/mol. The maximum absolute atomic E-state index is 12.3. The zero-order chi connectivity index (χ0) is 15.4. The number of benzene rings is 1. The number of carbonyl (C=O) groups is 2. The molecule has 0 bridgehead atoms. The highest BCUT2D eigenvalue weighted by molar-refractivity contribution is 6.31. The van der Waals surface area contributed by atoms with Gasteiger partial charge in [-0.25, -0.2) is 4.98 Å². The van der Waals surface area contributed by atoms with Crippen LogP contribution in [0.25, 0.3) is 0 Å². The van der Waals surface area contributed by atoms with Gasteiger partial charge in [0.1, 0.15) is 12.2 Å². The van der Waals surface area contributed by atoms with Crippen molar-refractivity contribution >= 4 is 29.2 Å². The van der Waals surface area contributed by atoms with Crippen molar-refractivity contribution in [3.8, 4) is 0 Å². The van der Waals surface area contributed by atoms with Gasteiger partial charge < -0.3 is 10.1 Å². The highest BCUT2D eigenvalue weighted by atomic mass is 35.5. The van der Waals surface area contributed by atoms with E-state index >= 15 is 0 Å². The van der Waals surface area contributed by atoms with Crippen LogP contribution in [-0.4, -0.2) is 33.5 Å². The summed E-state index contributed by atoms with van der Waals surface area (Å²) in [6, 6.07) is 6.22. The van der Waals surface area contributed by atoms with Gasteiger partial charge in [0, 0.05) is 16.9 Å². The number of aromatic amines is 1. The van der Waals surface area contributed by atoms with Crippen LogP contribution in [0.4, 0.5) is 5.69 Å². The minimum Gasteiger partial charge on any atom is -0.480 e. The maximum atomic E-state index is 12.3. The molecule has 1 heterocycles. The number of rotatable bonds is 4. The van der Waals surface area contributed by atoms with E-state index in [1.165, 1.54) is 6.07 Å². The predicted octanol–water partition coefficient (Wildman–Crippen LogP) is 1.15. The number of carboxylic acids is 1. The Hall–Kier alpha value is -2.67. The van der Waals surface area contributed by atoms with Crippen LogP contribution in [0.3, 0.4) is 0 Å². The molecule has 2 aromatic rings. The highest BCUT2D eigenvalue weighted by Crippen LogP contribution is 2.20. The Morgan fingerprint density at radius 1 is 1.38 bits per heavy atom. The molecule has 108 valence electrons. The molecule has 21 heavy (non-hydrogen) atoms. The number of anilines is 1. The lowest BCUT2D eigenvalue weighted by molar-refractivity contribution is -0.135. The van der Waals surface area contributed by atoms with Crippen molar-refractivity contribution in [2.24, 2.45) is 0 Å². The van der Waals surface area contributed by atoms with Gasteiger partial charge in [0.15, 0.2) is 0 Å². The van der Waals surface area contributed by atoms with E-state index < -0.39 is 24.0 Å². The largest absolute Gasteiger partial charge is 0.480 e. The van der Waals surface area contributed by atoms with Crippen molar-refractivity contribution in [1.29, 1.82) is 0 Å². The molecule has 8 heteroatoms. The fraction of sp³-hybridized carbons (Fsp3) is 0.0769. The van der Waals surface area contributed by atoms with Crippen molar-refractivity contribution in [2.75, 3.05) is 11.4 Å². The van der Waals surface area contributed by atoms with Crippen molar-refractivity contribution in [3.05, 3.63) is 57.7 Å². The van der Waals surface area contributed by atoms with Crippen LogP contribution in [0, 0.1) is 0 Å². The molecule has 0 saturated carbocycles. The molecule has 2 N–H and O–H groups in total. The van der Waals surface area contributed by atoms with E-state index in [1.807, 2.05) is 0 Å². The Balaban J connectivity index is 2.40. The first-order valence-electron chi connectivity index (χ1n) is 5.81. The Morgan fingerprint density at radius 2 is 2.14 bits per heavy atom. The zero-order valence-corrected chi connectivity index (χ0v) is 11.4. The average Bonchev–Trinajstić information content (AvgIpc) is 2.44. The van der Waals surface area contributed by atoms with Gasteiger partial charge in [0.05, 0.1) is 6.20 Å². The Bertz CT molecular complexity index is 724. The first-order chi connectivity index (χ1) is 9.97. The Labute approximate surface area is 123 Å². The maximum Gasteiger partial charge on any atom is 0.323 e. The number of nitrogens with one attached hydrogen (secondary N) is 1. The number of hydrogen-bond acceptors (Lipinski definition) is 4. The molecule has 2 rings (SSSR count). The molecule has 7 nitrogen and oxygen atoms in total. The molecule has 0 spiro atoms. The van der Waals surface area contributed by atoms with Crippen LogP contribution in [0.15, 0.2) is 41.5 Å². The molecule has 0 saturated heterocycles. The summed E-state index contributed by atoms with van der Waals surface area (Å²) in [5.74, 6) is -1.84. The minimum absolute atomic E-state index is 0.0733. The topological polar surface area (TPSA) is 103 Å². The molecule has 0 fully saturated rings. The lowest BCUT2D eigenvalue weighted by Crippen LogP contribution is -2.36. The summed E-state index contributed by atoms with van der Waals surface area (Å²) >= 11 is 5.85. The van der Waals surface area contributed by atoms with E-state index in [1.54, 1.807) is 18.2 Å². The summed E-state index contributed by atoms with van der Waals surface area (Å²) in [7, 11) is 0. The summed E-state index contributed by atoms with van der Waals surface area (Å²) in [6.07, 6.45) is 2.08. The highest BCUT2D eigenvalue weighted by Gasteiger charge is 2.21. The molecule has 0 atom stereocenters. The molecule has 1 amide bonds. The second-order valence-corrected chi connectivity index (χ2v) is 4.50. The predicted molar refractivity (Wildman–Crippen MR) is 75.6 cm³/mol. The average molecular weight is 308 g/mol. The van der Waals surface area contributed by atoms with Gasteiger partial charge in [0.25, 0.3) is 11.5 Å². The molecule has 0 aliphatic rings. The standard InChI is InChI=1S/C13H10ClN3O4/c14-8-2-1-3-9(4-8)17(7-12(19)20)13(21)10-5-16-11(18)6-15-10/h1-6H,7H2,(H,16,18)(H,19,20). The van der Waals surface area contributed by atoms with Crippen molar-refractivity contribution in [2.45, 2.75) is 0 Å². The van der Waals surface area contributed by atoms with E-state index in [2.05, 4.69) is 9.97 Å². The quantitative estimate of drug-likeness (QED) is 0.882. The van der Waals surface area contributed by atoms with Crippen LogP contribution in [-0.2, 0) is 4.79 Å².